The fraction of sp³-hybridized carbons (Fsp3) is 0.647. The maximum atomic E-state index is 10.2. The molecule has 0 saturated heterocycles. The second-order valence-corrected chi connectivity index (χ2v) is 6.74. The summed E-state index contributed by atoms with van der Waals surface area (Å²) >= 11 is 0. The molecule has 0 aromatic heterocycles. The standard InChI is InChI=1S/C17H29NO2/c1-6-11-18-12-17(5,19)13-20-15-9-7-14(8-10-15)16(2,3)4/h7-10,18-19H,6,11-13H2,1-5H3. The summed E-state index contributed by atoms with van der Waals surface area (Å²) in [6.45, 7) is 12.2. The first-order valence-electron chi connectivity index (χ1n) is 7.41. The van der Waals surface area contributed by atoms with E-state index in [0.717, 1.165) is 18.7 Å². The summed E-state index contributed by atoms with van der Waals surface area (Å²) in [5.41, 5.74) is 0.576. The first-order chi connectivity index (χ1) is 9.24. The Kier molecular flexibility index (Phi) is 6.03. The third-order valence-electron chi connectivity index (χ3n) is 3.20. The Bertz CT molecular complexity index is 390. The molecule has 20 heavy (non-hydrogen) atoms. The predicted molar refractivity (Wildman–Crippen MR) is 84.4 cm³/mol. The van der Waals surface area contributed by atoms with E-state index in [1.165, 1.54) is 5.56 Å². The molecule has 0 aliphatic rings. The van der Waals surface area contributed by atoms with Gasteiger partial charge in [-0.25, -0.2) is 0 Å². The van der Waals surface area contributed by atoms with Crippen molar-refractivity contribution in [1.29, 1.82) is 0 Å². The van der Waals surface area contributed by atoms with E-state index in [2.05, 4.69) is 45.1 Å². The van der Waals surface area contributed by atoms with Gasteiger partial charge in [0.05, 0.1) is 0 Å². The zero-order valence-electron chi connectivity index (χ0n) is 13.5. The van der Waals surface area contributed by atoms with Gasteiger partial charge < -0.3 is 15.2 Å². The topological polar surface area (TPSA) is 41.5 Å². The van der Waals surface area contributed by atoms with E-state index in [4.69, 9.17) is 4.74 Å². The molecule has 0 fully saturated rings. The molecule has 3 nitrogen and oxygen atoms in total. The zero-order valence-corrected chi connectivity index (χ0v) is 13.5. The minimum absolute atomic E-state index is 0.147. The first kappa shape index (κ1) is 17.0. The Morgan fingerprint density at radius 2 is 1.70 bits per heavy atom. The van der Waals surface area contributed by atoms with Crippen molar-refractivity contribution in [3.8, 4) is 5.75 Å². The predicted octanol–water partition coefficient (Wildman–Crippen LogP) is 3.11. The summed E-state index contributed by atoms with van der Waals surface area (Å²) in [5.74, 6) is 0.800. The smallest absolute Gasteiger partial charge is 0.119 e. The number of rotatable bonds is 7. The van der Waals surface area contributed by atoms with E-state index >= 15 is 0 Å². The van der Waals surface area contributed by atoms with Crippen LogP contribution in [0.2, 0.25) is 0 Å². The quantitative estimate of drug-likeness (QED) is 0.754. The third-order valence-corrected chi connectivity index (χ3v) is 3.20. The van der Waals surface area contributed by atoms with Crippen molar-refractivity contribution < 1.29 is 9.84 Å². The Morgan fingerprint density at radius 1 is 1.10 bits per heavy atom. The summed E-state index contributed by atoms with van der Waals surface area (Å²) in [6, 6.07) is 8.10. The van der Waals surface area contributed by atoms with E-state index in [-0.39, 0.29) is 5.41 Å². The number of nitrogens with one attached hydrogen (secondary N) is 1. The maximum Gasteiger partial charge on any atom is 0.119 e. The molecule has 1 atom stereocenters. The van der Waals surface area contributed by atoms with Gasteiger partial charge in [0.15, 0.2) is 0 Å². The molecule has 1 unspecified atom stereocenters. The molecule has 3 heteroatoms. The molecular formula is C17H29NO2. The lowest BCUT2D eigenvalue weighted by molar-refractivity contribution is 0.0125. The Morgan fingerprint density at radius 3 is 2.20 bits per heavy atom. The third kappa shape index (κ3) is 5.93. The molecule has 0 spiro atoms. The highest BCUT2D eigenvalue weighted by atomic mass is 16.5. The van der Waals surface area contributed by atoms with Gasteiger partial charge in [-0.2, -0.15) is 0 Å². The van der Waals surface area contributed by atoms with Crippen LogP contribution in [0.4, 0.5) is 0 Å². The highest BCUT2D eigenvalue weighted by Gasteiger charge is 2.21. The summed E-state index contributed by atoms with van der Waals surface area (Å²) in [7, 11) is 0. The normalized spacial score (nSPS) is 14.9. The first-order valence-corrected chi connectivity index (χ1v) is 7.41. The summed E-state index contributed by atoms with van der Waals surface area (Å²) in [4.78, 5) is 0. The van der Waals surface area contributed by atoms with Gasteiger partial charge in [0.1, 0.15) is 18.0 Å². The highest BCUT2D eigenvalue weighted by Crippen LogP contribution is 2.24. The molecule has 0 aliphatic heterocycles. The molecular weight excluding hydrogens is 250 g/mol. The summed E-state index contributed by atoms with van der Waals surface area (Å²) in [6.07, 6.45) is 1.06. The van der Waals surface area contributed by atoms with E-state index < -0.39 is 5.60 Å². The maximum absolute atomic E-state index is 10.2. The number of benzene rings is 1. The lowest BCUT2D eigenvalue weighted by Gasteiger charge is -2.24. The van der Waals surface area contributed by atoms with Crippen LogP contribution in [0.5, 0.6) is 5.75 Å². The van der Waals surface area contributed by atoms with Gasteiger partial charge in [-0.15, -0.1) is 0 Å². The number of hydrogen-bond donors (Lipinski definition) is 2. The van der Waals surface area contributed by atoms with Crippen molar-refractivity contribution in [3.63, 3.8) is 0 Å². The van der Waals surface area contributed by atoms with Crippen LogP contribution in [0.1, 0.15) is 46.6 Å². The van der Waals surface area contributed by atoms with Gasteiger partial charge in [0, 0.05) is 6.54 Å². The Hall–Kier alpha value is -1.06. The van der Waals surface area contributed by atoms with Crippen LogP contribution in [0.15, 0.2) is 24.3 Å². The van der Waals surface area contributed by atoms with Crippen molar-refractivity contribution in [2.75, 3.05) is 19.7 Å². The summed E-state index contributed by atoms with van der Waals surface area (Å²) < 4.78 is 5.68. The van der Waals surface area contributed by atoms with E-state index in [0.29, 0.717) is 13.2 Å². The lowest BCUT2D eigenvalue weighted by atomic mass is 9.87. The minimum Gasteiger partial charge on any atom is -0.491 e. The van der Waals surface area contributed by atoms with Crippen molar-refractivity contribution in [2.45, 2.75) is 52.1 Å². The molecule has 0 amide bonds. The number of hydrogen-bond acceptors (Lipinski definition) is 3. The van der Waals surface area contributed by atoms with Gasteiger partial charge in [0.2, 0.25) is 0 Å². The highest BCUT2D eigenvalue weighted by molar-refractivity contribution is 5.31. The monoisotopic (exact) mass is 279 g/mol. The van der Waals surface area contributed by atoms with Gasteiger partial charge in [-0.05, 0) is 43.0 Å². The van der Waals surface area contributed by atoms with Gasteiger partial charge in [-0.1, -0.05) is 39.8 Å². The molecule has 1 aromatic carbocycles. The second-order valence-electron chi connectivity index (χ2n) is 6.74. The second kappa shape index (κ2) is 7.09. The minimum atomic E-state index is -0.849. The van der Waals surface area contributed by atoms with Crippen molar-refractivity contribution >= 4 is 0 Å². The fourth-order valence-corrected chi connectivity index (χ4v) is 1.88. The lowest BCUT2D eigenvalue weighted by Crippen LogP contribution is -2.43. The Labute approximate surface area is 123 Å². The largest absolute Gasteiger partial charge is 0.491 e. The number of aliphatic hydroxyl groups is 1. The van der Waals surface area contributed by atoms with Gasteiger partial charge in [-0.3, -0.25) is 0 Å². The molecule has 114 valence electrons. The van der Waals surface area contributed by atoms with Crippen LogP contribution in [-0.2, 0) is 5.41 Å². The average Bonchev–Trinajstić information content (AvgIpc) is 2.36. The van der Waals surface area contributed by atoms with E-state index in [1.807, 2.05) is 12.1 Å². The molecule has 1 aromatic rings. The number of ether oxygens (including phenoxy) is 1. The van der Waals surface area contributed by atoms with E-state index in [9.17, 15) is 5.11 Å². The zero-order chi connectivity index (χ0) is 15.2. The molecule has 0 aliphatic carbocycles. The molecule has 1 rings (SSSR count). The summed E-state index contributed by atoms with van der Waals surface area (Å²) in [5, 5.41) is 13.4. The van der Waals surface area contributed by atoms with Gasteiger partial charge in [0.25, 0.3) is 0 Å². The van der Waals surface area contributed by atoms with Crippen LogP contribution in [0.3, 0.4) is 0 Å². The van der Waals surface area contributed by atoms with Crippen LogP contribution in [0, 0.1) is 0 Å². The molecule has 0 radical (unpaired) electrons. The van der Waals surface area contributed by atoms with E-state index in [1.54, 1.807) is 6.92 Å². The van der Waals surface area contributed by atoms with Crippen LogP contribution < -0.4 is 10.1 Å². The molecule has 0 saturated carbocycles. The van der Waals surface area contributed by atoms with Crippen molar-refractivity contribution in [2.24, 2.45) is 0 Å². The van der Waals surface area contributed by atoms with Crippen molar-refractivity contribution in [3.05, 3.63) is 29.8 Å². The average molecular weight is 279 g/mol. The van der Waals surface area contributed by atoms with Crippen LogP contribution >= 0.6 is 0 Å². The molecule has 2 N–H and O–H groups in total. The fourth-order valence-electron chi connectivity index (χ4n) is 1.88. The van der Waals surface area contributed by atoms with Gasteiger partial charge >= 0.3 is 0 Å². The molecule has 0 bridgehead atoms. The van der Waals surface area contributed by atoms with Crippen LogP contribution in [0.25, 0.3) is 0 Å². The van der Waals surface area contributed by atoms with Crippen LogP contribution in [-0.4, -0.2) is 30.4 Å². The van der Waals surface area contributed by atoms with Crippen molar-refractivity contribution in [1.82, 2.24) is 5.32 Å². The molecule has 0 heterocycles. The Balaban J connectivity index is 2.49. The SMILES string of the molecule is CCCNCC(C)(O)COc1ccc(C(C)(C)C)cc1.